The normalized spacial score (nSPS) is 15.2. The Morgan fingerprint density at radius 2 is 2.36 bits per heavy atom. The molecule has 14 heavy (non-hydrogen) atoms. The molecule has 1 aliphatic rings. The highest BCUT2D eigenvalue weighted by Gasteiger charge is 2.13. The van der Waals surface area contributed by atoms with Gasteiger partial charge in [-0.3, -0.25) is 0 Å². The standard InChI is InChI=1S/C10H10BrN3/c11-7-2-3-8-9(6-7)14-5-1-4-12-10(14)13-8/h2-3,6H,1,4-5H2,(H,12,13). The van der Waals surface area contributed by atoms with Crippen LogP contribution in [0.25, 0.3) is 11.0 Å². The van der Waals surface area contributed by atoms with Gasteiger partial charge in [0.05, 0.1) is 11.0 Å². The Hall–Kier alpha value is -1.03. The molecule has 0 spiro atoms. The molecule has 0 bridgehead atoms. The first-order chi connectivity index (χ1) is 6.84. The van der Waals surface area contributed by atoms with Crippen molar-refractivity contribution in [2.75, 3.05) is 11.9 Å². The molecule has 0 unspecified atom stereocenters. The molecule has 2 aromatic rings. The Labute approximate surface area is 90.3 Å². The molecule has 2 heterocycles. The van der Waals surface area contributed by atoms with Crippen LogP contribution in [0.5, 0.6) is 0 Å². The minimum atomic E-state index is 1.00. The summed E-state index contributed by atoms with van der Waals surface area (Å²) in [6.07, 6.45) is 1.17. The van der Waals surface area contributed by atoms with Crippen molar-refractivity contribution >= 4 is 32.9 Å². The van der Waals surface area contributed by atoms with E-state index in [1.54, 1.807) is 0 Å². The molecule has 72 valence electrons. The van der Waals surface area contributed by atoms with Crippen molar-refractivity contribution in [2.45, 2.75) is 13.0 Å². The van der Waals surface area contributed by atoms with E-state index in [0.29, 0.717) is 0 Å². The van der Waals surface area contributed by atoms with Crippen molar-refractivity contribution in [3.05, 3.63) is 22.7 Å². The second-order valence-corrected chi connectivity index (χ2v) is 4.42. The van der Waals surface area contributed by atoms with E-state index >= 15 is 0 Å². The average molecular weight is 252 g/mol. The van der Waals surface area contributed by atoms with E-state index in [-0.39, 0.29) is 0 Å². The highest BCUT2D eigenvalue weighted by molar-refractivity contribution is 9.10. The van der Waals surface area contributed by atoms with Crippen LogP contribution in [0, 0.1) is 0 Å². The predicted octanol–water partition coefficient (Wildman–Crippen LogP) is 2.61. The quantitative estimate of drug-likeness (QED) is 0.781. The zero-order valence-electron chi connectivity index (χ0n) is 7.63. The lowest BCUT2D eigenvalue weighted by molar-refractivity contribution is 0.642. The van der Waals surface area contributed by atoms with E-state index in [1.165, 1.54) is 11.9 Å². The summed E-state index contributed by atoms with van der Waals surface area (Å²) in [5.41, 5.74) is 2.28. The van der Waals surface area contributed by atoms with E-state index < -0.39 is 0 Å². The topological polar surface area (TPSA) is 29.9 Å². The van der Waals surface area contributed by atoms with Crippen LogP contribution in [0.3, 0.4) is 0 Å². The van der Waals surface area contributed by atoms with E-state index in [4.69, 9.17) is 0 Å². The number of imidazole rings is 1. The van der Waals surface area contributed by atoms with E-state index in [0.717, 1.165) is 29.0 Å². The largest absolute Gasteiger partial charge is 0.356 e. The maximum Gasteiger partial charge on any atom is 0.203 e. The molecular formula is C10H10BrN3. The Morgan fingerprint density at radius 1 is 1.43 bits per heavy atom. The van der Waals surface area contributed by atoms with Gasteiger partial charge in [0.2, 0.25) is 5.95 Å². The second kappa shape index (κ2) is 2.98. The van der Waals surface area contributed by atoms with Gasteiger partial charge in [0, 0.05) is 17.6 Å². The summed E-state index contributed by atoms with van der Waals surface area (Å²) >= 11 is 3.48. The third-order valence-corrected chi connectivity index (χ3v) is 3.05. The number of nitrogens with zero attached hydrogens (tertiary/aromatic N) is 2. The molecule has 1 aromatic carbocycles. The number of rotatable bonds is 0. The van der Waals surface area contributed by atoms with Crippen LogP contribution in [0.1, 0.15) is 6.42 Å². The van der Waals surface area contributed by atoms with Gasteiger partial charge < -0.3 is 9.88 Å². The van der Waals surface area contributed by atoms with Crippen LogP contribution in [0.2, 0.25) is 0 Å². The maximum atomic E-state index is 4.53. The zero-order valence-corrected chi connectivity index (χ0v) is 9.21. The fourth-order valence-corrected chi connectivity index (χ4v) is 2.24. The molecule has 3 nitrogen and oxygen atoms in total. The fraction of sp³-hybridized carbons (Fsp3) is 0.300. The van der Waals surface area contributed by atoms with Crippen LogP contribution in [0.15, 0.2) is 22.7 Å². The number of fused-ring (bicyclic) bond motifs is 3. The molecule has 3 rings (SSSR count). The van der Waals surface area contributed by atoms with Gasteiger partial charge >= 0.3 is 0 Å². The van der Waals surface area contributed by atoms with Gasteiger partial charge in [0.1, 0.15) is 0 Å². The van der Waals surface area contributed by atoms with Crippen LogP contribution in [-0.2, 0) is 6.54 Å². The summed E-state index contributed by atoms with van der Waals surface area (Å²) < 4.78 is 3.35. The lowest BCUT2D eigenvalue weighted by Gasteiger charge is -2.15. The molecule has 0 saturated carbocycles. The van der Waals surface area contributed by atoms with Gasteiger partial charge in [-0.1, -0.05) is 15.9 Å². The van der Waals surface area contributed by atoms with Crippen molar-refractivity contribution < 1.29 is 0 Å². The first kappa shape index (κ1) is 8.29. The number of halogens is 1. The zero-order chi connectivity index (χ0) is 9.54. The van der Waals surface area contributed by atoms with Gasteiger partial charge in [-0.05, 0) is 24.6 Å². The molecule has 0 atom stereocenters. The summed E-state index contributed by atoms with van der Waals surface area (Å²) in [4.78, 5) is 4.53. The minimum Gasteiger partial charge on any atom is -0.356 e. The third kappa shape index (κ3) is 1.14. The molecule has 4 heteroatoms. The minimum absolute atomic E-state index is 1.00. The Kier molecular flexibility index (Phi) is 1.77. The summed E-state index contributed by atoms with van der Waals surface area (Å²) in [7, 11) is 0. The fourth-order valence-electron chi connectivity index (χ4n) is 1.89. The molecule has 0 saturated heterocycles. The number of hydrogen-bond acceptors (Lipinski definition) is 2. The molecular weight excluding hydrogens is 242 g/mol. The number of benzene rings is 1. The Balaban J connectivity index is 2.32. The first-order valence-corrected chi connectivity index (χ1v) is 5.53. The van der Waals surface area contributed by atoms with Crippen molar-refractivity contribution in [3.8, 4) is 0 Å². The number of aryl methyl sites for hydroxylation is 1. The molecule has 0 amide bonds. The summed E-state index contributed by atoms with van der Waals surface area (Å²) in [6, 6.07) is 6.20. The average Bonchev–Trinajstić information content (AvgIpc) is 2.56. The first-order valence-electron chi connectivity index (χ1n) is 4.74. The van der Waals surface area contributed by atoms with Gasteiger partial charge in [-0.25, -0.2) is 4.98 Å². The molecule has 1 aromatic heterocycles. The van der Waals surface area contributed by atoms with Crippen molar-refractivity contribution in [1.82, 2.24) is 9.55 Å². The van der Waals surface area contributed by atoms with Crippen LogP contribution in [-0.4, -0.2) is 16.1 Å². The number of hydrogen-bond donors (Lipinski definition) is 1. The Morgan fingerprint density at radius 3 is 3.29 bits per heavy atom. The van der Waals surface area contributed by atoms with Crippen LogP contribution < -0.4 is 5.32 Å². The van der Waals surface area contributed by atoms with Gasteiger partial charge in [-0.15, -0.1) is 0 Å². The number of nitrogens with one attached hydrogen (secondary N) is 1. The number of aromatic nitrogens is 2. The second-order valence-electron chi connectivity index (χ2n) is 3.50. The maximum absolute atomic E-state index is 4.53. The molecule has 1 N–H and O–H groups in total. The monoisotopic (exact) mass is 251 g/mol. The highest BCUT2D eigenvalue weighted by Crippen LogP contribution is 2.25. The van der Waals surface area contributed by atoms with Gasteiger partial charge in [-0.2, -0.15) is 0 Å². The van der Waals surface area contributed by atoms with Crippen molar-refractivity contribution in [2.24, 2.45) is 0 Å². The van der Waals surface area contributed by atoms with E-state index in [2.05, 4.69) is 36.9 Å². The van der Waals surface area contributed by atoms with Crippen LogP contribution in [0.4, 0.5) is 5.95 Å². The summed E-state index contributed by atoms with van der Waals surface area (Å²) in [5.74, 6) is 1.00. The predicted molar refractivity (Wildman–Crippen MR) is 60.5 cm³/mol. The van der Waals surface area contributed by atoms with E-state index in [9.17, 15) is 0 Å². The summed E-state index contributed by atoms with van der Waals surface area (Å²) in [5, 5.41) is 3.31. The highest BCUT2D eigenvalue weighted by atomic mass is 79.9. The van der Waals surface area contributed by atoms with Crippen molar-refractivity contribution in [3.63, 3.8) is 0 Å². The SMILES string of the molecule is Brc1ccc2nc3n(c2c1)CCCN3. The molecule has 1 aliphatic heterocycles. The number of anilines is 1. The van der Waals surface area contributed by atoms with E-state index in [1.807, 2.05) is 12.1 Å². The smallest absolute Gasteiger partial charge is 0.203 e. The Bertz CT molecular complexity index is 489. The third-order valence-electron chi connectivity index (χ3n) is 2.55. The molecule has 0 aliphatic carbocycles. The summed E-state index contributed by atoms with van der Waals surface area (Å²) in [6.45, 7) is 2.10. The van der Waals surface area contributed by atoms with Gasteiger partial charge in [0.15, 0.2) is 0 Å². The van der Waals surface area contributed by atoms with Crippen molar-refractivity contribution in [1.29, 1.82) is 0 Å². The molecule has 0 radical (unpaired) electrons. The van der Waals surface area contributed by atoms with Gasteiger partial charge in [0.25, 0.3) is 0 Å². The molecule has 0 fully saturated rings. The lowest BCUT2D eigenvalue weighted by atomic mass is 10.3. The van der Waals surface area contributed by atoms with Crippen LogP contribution >= 0.6 is 15.9 Å². The lowest BCUT2D eigenvalue weighted by Crippen LogP contribution is -2.16.